The highest BCUT2D eigenvalue weighted by atomic mass is 16.5. The van der Waals surface area contributed by atoms with Crippen molar-refractivity contribution in [3.8, 4) is 34.1 Å². The van der Waals surface area contributed by atoms with Gasteiger partial charge in [0.1, 0.15) is 17.2 Å². The molecular weight excluding hydrogens is 428 g/mol. The van der Waals surface area contributed by atoms with Crippen molar-refractivity contribution in [1.82, 2.24) is 15.1 Å². The van der Waals surface area contributed by atoms with Crippen LogP contribution in [0.4, 0.5) is 5.69 Å². The molecule has 0 atom stereocenters. The number of nitrogens with zero attached hydrogens (tertiary/aromatic N) is 3. The summed E-state index contributed by atoms with van der Waals surface area (Å²) in [5, 5.41) is 17.3. The molecule has 7 nitrogen and oxygen atoms in total. The number of aromatic nitrogens is 2. The molecule has 0 spiro atoms. The smallest absolute Gasteiger partial charge is 0.316 e. The Labute approximate surface area is 197 Å². The molecule has 1 aliphatic heterocycles. The molecule has 5 rings (SSSR count). The van der Waals surface area contributed by atoms with E-state index in [9.17, 15) is 9.90 Å². The molecule has 1 aliphatic rings. The van der Waals surface area contributed by atoms with E-state index >= 15 is 0 Å². The Kier molecular flexibility index (Phi) is 6.01. The second-order valence-corrected chi connectivity index (χ2v) is 8.32. The number of piperazine rings is 1. The van der Waals surface area contributed by atoms with Crippen molar-refractivity contribution in [2.75, 3.05) is 31.1 Å². The van der Waals surface area contributed by atoms with E-state index in [0.29, 0.717) is 17.1 Å². The minimum Gasteiger partial charge on any atom is -0.508 e. The molecule has 1 fully saturated rings. The molecule has 0 aliphatic carbocycles. The largest absolute Gasteiger partial charge is 0.508 e. The van der Waals surface area contributed by atoms with Crippen molar-refractivity contribution in [2.45, 2.75) is 6.92 Å². The third-order valence-corrected chi connectivity index (χ3v) is 5.93. The average molecular weight is 455 g/mol. The van der Waals surface area contributed by atoms with Gasteiger partial charge in [-0.1, -0.05) is 42.0 Å². The second-order valence-electron chi connectivity index (χ2n) is 8.32. The fourth-order valence-electron chi connectivity index (χ4n) is 4.01. The summed E-state index contributed by atoms with van der Waals surface area (Å²) in [5.41, 5.74) is 4.16. The summed E-state index contributed by atoms with van der Waals surface area (Å²) >= 11 is 0. The van der Waals surface area contributed by atoms with E-state index in [2.05, 4.69) is 15.3 Å². The standard InChI is InChI=1S/C27H26N4O3/c1-19-2-8-22(9-3-19)31-27(33)26(25(18-29-31)30-16-14-28-15-17-30)34-24-12-6-21(7-13-24)20-4-10-23(32)11-5-20/h2-13,18,28,32H,14-17H2,1H3. The number of phenols is 1. The van der Waals surface area contributed by atoms with Crippen LogP contribution in [0, 0.1) is 6.92 Å². The first-order valence-corrected chi connectivity index (χ1v) is 11.3. The Morgan fingerprint density at radius 2 is 1.50 bits per heavy atom. The third kappa shape index (κ3) is 4.51. The number of aromatic hydroxyl groups is 1. The number of nitrogens with one attached hydrogen (secondary N) is 1. The number of hydrogen-bond acceptors (Lipinski definition) is 6. The van der Waals surface area contributed by atoms with Gasteiger partial charge in [0.15, 0.2) is 0 Å². The summed E-state index contributed by atoms with van der Waals surface area (Å²) in [4.78, 5) is 15.7. The molecule has 0 radical (unpaired) electrons. The van der Waals surface area contributed by atoms with Crippen LogP contribution in [-0.2, 0) is 0 Å². The van der Waals surface area contributed by atoms with Gasteiger partial charge in [0.05, 0.1) is 11.9 Å². The van der Waals surface area contributed by atoms with Crippen LogP contribution >= 0.6 is 0 Å². The van der Waals surface area contributed by atoms with Crippen molar-refractivity contribution in [3.63, 3.8) is 0 Å². The molecule has 4 aromatic rings. The van der Waals surface area contributed by atoms with E-state index in [1.165, 1.54) is 4.68 Å². The number of hydrogen-bond donors (Lipinski definition) is 2. The van der Waals surface area contributed by atoms with Crippen LogP contribution in [0.1, 0.15) is 5.56 Å². The topological polar surface area (TPSA) is 79.6 Å². The van der Waals surface area contributed by atoms with Crippen molar-refractivity contribution < 1.29 is 9.84 Å². The molecule has 2 N–H and O–H groups in total. The first kappa shape index (κ1) is 21.7. The lowest BCUT2D eigenvalue weighted by Crippen LogP contribution is -2.44. The highest BCUT2D eigenvalue weighted by Gasteiger charge is 2.21. The minimum atomic E-state index is -0.303. The lowest BCUT2D eigenvalue weighted by Gasteiger charge is -2.30. The minimum absolute atomic E-state index is 0.228. The van der Waals surface area contributed by atoms with Gasteiger partial charge in [-0.2, -0.15) is 9.78 Å². The molecule has 0 unspecified atom stereocenters. The summed E-state index contributed by atoms with van der Waals surface area (Å²) in [7, 11) is 0. The average Bonchev–Trinajstić information content (AvgIpc) is 2.87. The Morgan fingerprint density at radius 1 is 0.882 bits per heavy atom. The summed E-state index contributed by atoms with van der Waals surface area (Å²) in [6.45, 7) is 5.21. The number of ether oxygens (including phenoxy) is 1. The monoisotopic (exact) mass is 454 g/mol. The Bertz CT molecular complexity index is 1320. The number of rotatable bonds is 5. The number of benzene rings is 3. The number of aryl methyl sites for hydroxylation is 1. The van der Waals surface area contributed by atoms with Crippen LogP contribution in [0.25, 0.3) is 16.8 Å². The molecule has 3 aromatic carbocycles. The summed E-state index contributed by atoms with van der Waals surface area (Å²) in [5.74, 6) is 1.05. The van der Waals surface area contributed by atoms with Gasteiger partial charge in [-0.25, -0.2) is 0 Å². The molecular formula is C27H26N4O3. The van der Waals surface area contributed by atoms with Gasteiger partial charge < -0.3 is 20.1 Å². The first-order chi connectivity index (χ1) is 16.6. The SMILES string of the molecule is Cc1ccc(-n2ncc(N3CCNCC3)c(Oc3ccc(-c4ccc(O)cc4)cc3)c2=O)cc1. The second kappa shape index (κ2) is 9.41. The molecule has 7 heteroatoms. The predicted octanol–water partition coefficient (Wildman–Crippen LogP) is 4.12. The number of phenolic OH excluding ortho intramolecular Hbond substituents is 1. The maximum atomic E-state index is 13.6. The van der Waals surface area contributed by atoms with Gasteiger partial charge in [0, 0.05) is 26.2 Å². The number of anilines is 1. The summed E-state index contributed by atoms with van der Waals surface area (Å²) in [6.07, 6.45) is 1.72. The first-order valence-electron chi connectivity index (χ1n) is 11.3. The van der Waals surface area contributed by atoms with Gasteiger partial charge >= 0.3 is 5.56 Å². The van der Waals surface area contributed by atoms with Crippen LogP contribution in [0.15, 0.2) is 83.8 Å². The van der Waals surface area contributed by atoms with Crippen LogP contribution in [-0.4, -0.2) is 41.1 Å². The lowest BCUT2D eigenvalue weighted by molar-refractivity contribution is 0.463. The maximum Gasteiger partial charge on any atom is 0.316 e. The molecule has 1 aromatic heterocycles. The molecule has 0 saturated carbocycles. The Morgan fingerprint density at radius 3 is 2.15 bits per heavy atom. The maximum absolute atomic E-state index is 13.6. The van der Waals surface area contributed by atoms with E-state index in [1.54, 1.807) is 18.3 Å². The summed E-state index contributed by atoms with van der Waals surface area (Å²) < 4.78 is 7.59. The quantitative estimate of drug-likeness (QED) is 0.472. The van der Waals surface area contributed by atoms with E-state index in [-0.39, 0.29) is 17.1 Å². The van der Waals surface area contributed by atoms with E-state index in [0.717, 1.165) is 42.9 Å². The molecule has 34 heavy (non-hydrogen) atoms. The third-order valence-electron chi connectivity index (χ3n) is 5.93. The van der Waals surface area contributed by atoms with Gasteiger partial charge in [0.25, 0.3) is 0 Å². The van der Waals surface area contributed by atoms with Crippen LogP contribution in [0.5, 0.6) is 17.2 Å². The zero-order chi connectivity index (χ0) is 23.5. The van der Waals surface area contributed by atoms with Crippen LogP contribution < -0.4 is 20.5 Å². The Hall–Kier alpha value is -4.10. The zero-order valence-electron chi connectivity index (χ0n) is 18.9. The molecule has 1 saturated heterocycles. The van der Waals surface area contributed by atoms with Gasteiger partial charge in [-0.3, -0.25) is 4.79 Å². The van der Waals surface area contributed by atoms with Gasteiger partial charge in [0.2, 0.25) is 5.75 Å². The molecule has 2 heterocycles. The fourth-order valence-corrected chi connectivity index (χ4v) is 4.01. The molecule has 172 valence electrons. The van der Waals surface area contributed by atoms with Crippen molar-refractivity contribution in [1.29, 1.82) is 0 Å². The van der Waals surface area contributed by atoms with E-state index < -0.39 is 0 Å². The van der Waals surface area contributed by atoms with Crippen LogP contribution in [0.3, 0.4) is 0 Å². The van der Waals surface area contributed by atoms with Crippen molar-refractivity contribution in [3.05, 3.63) is 94.9 Å². The normalized spacial score (nSPS) is 13.6. The fraction of sp³-hybridized carbons (Fsp3) is 0.185. The van der Waals surface area contributed by atoms with Crippen molar-refractivity contribution >= 4 is 5.69 Å². The Balaban J connectivity index is 1.51. The molecule has 0 amide bonds. The summed E-state index contributed by atoms with van der Waals surface area (Å²) in [6, 6.07) is 22.3. The van der Waals surface area contributed by atoms with E-state index in [1.807, 2.05) is 67.6 Å². The highest BCUT2D eigenvalue weighted by Crippen LogP contribution is 2.31. The van der Waals surface area contributed by atoms with Gasteiger partial charge in [-0.15, -0.1) is 0 Å². The molecule has 0 bridgehead atoms. The predicted molar refractivity (Wildman–Crippen MR) is 133 cm³/mol. The lowest BCUT2D eigenvalue weighted by atomic mass is 10.1. The van der Waals surface area contributed by atoms with E-state index in [4.69, 9.17) is 4.74 Å². The van der Waals surface area contributed by atoms with Gasteiger partial charge in [-0.05, 0) is 54.4 Å². The highest BCUT2D eigenvalue weighted by molar-refractivity contribution is 5.65. The van der Waals surface area contributed by atoms with Crippen LogP contribution in [0.2, 0.25) is 0 Å². The zero-order valence-corrected chi connectivity index (χ0v) is 18.9. The van der Waals surface area contributed by atoms with Crippen molar-refractivity contribution in [2.24, 2.45) is 0 Å².